The maximum Gasteiger partial charge on any atom is 0.137 e. The van der Waals surface area contributed by atoms with Crippen molar-refractivity contribution in [1.82, 2.24) is 4.90 Å². The topological polar surface area (TPSA) is 29.3 Å². The van der Waals surface area contributed by atoms with Gasteiger partial charge in [0, 0.05) is 11.6 Å². The van der Waals surface area contributed by atoms with Gasteiger partial charge in [-0.25, -0.2) is 4.39 Å². The van der Waals surface area contributed by atoms with E-state index in [4.69, 9.17) is 5.73 Å². The van der Waals surface area contributed by atoms with Crippen molar-refractivity contribution < 1.29 is 4.39 Å². The van der Waals surface area contributed by atoms with E-state index in [1.54, 1.807) is 6.07 Å². The van der Waals surface area contributed by atoms with Gasteiger partial charge in [0.05, 0.1) is 4.47 Å². The fourth-order valence-corrected chi connectivity index (χ4v) is 3.71. The van der Waals surface area contributed by atoms with Crippen molar-refractivity contribution in [3.05, 3.63) is 34.1 Å². The van der Waals surface area contributed by atoms with E-state index in [1.165, 1.54) is 25.3 Å². The van der Waals surface area contributed by atoms with Gasteiger partial charge in [-0.15, -0.1) is 0 Å². The van der Waals surface area contributed by atoms with Crippen LogP contribution in [0.1, 0.15) is 45.1 Å². The molecule has 2 unspecified atom stereocenters. The van der Waals surface area contributed by atoms with Crippen LogP contribution in [0.15, 0.2) is 22.7 Å². The lowest BCUT2D eigenvalue weighted by atomic mass is 9.83. The van der Waals surface area contributed by atoms with Gasteiger partial charge < -0.3 is 5.73 Å². The maximum absolute atomic E-state index is 13.7. The number of benzene rings is 1. The lowest BCUT2D eigenvalue weighted by Gasteiger charge is -2.47. The molecule has 2 rings (SSSR count). The van der Waals surface area contributed by atoms with Crippen molar-refractivity contribution in [2.24, 2.45) is 5.73 Å². The van der Waals surface area contributed by atoms with E-state index in [0.29, 0.717) is 10.9 Å². The molecule has 0 saturated carbocycles. The number of piperidine rings is 1. The SMILES string of the molecule is CCC(C)(C(N)Cc1cccc(F)c1Br)N1CCCCC1. The Kier molecular flexibility index (Phi) is 5.81. The van der Waals surface area contributed by atoms with Gasteiger partial charge in [-0.3, -0.25) is 4.90 Å². The van der Waals surface area contributed by atoms with Crippen molar-refractivity contribution in [2.45, 2.75) is 57.5 Å². The number of rotatable bonds is 5. The average Bonchev–Trinajstić information content (AvgIpc) is 2.51. The van der Waals surface area contributed by atoms with Crippen LogP contribution in [0.3, 0.4) is 0 Å². The second-order valence-electron chi connectivity index (χ2n) is 6.28. The fourth-order valence-electron chi connectivity index (χ4n) is 3.29. The molecule has 118 valence electrons. The highest BCUT2D eigenvalue weighted by atomic mass is 79.9. The van der Waals surface area contributed by atoms with Crippen molar-refractivity contribution >= 4 is 15.9 Å². The first kappa shape index (κ1) is 16.9. The molecule has 0 spiro atoms. The summed E-state index contributed by atoms with van der Waals surface area (Å²) in [6.07, 6.45) is 5.54. The zero-order valence-electron chi connectivity index (χ0n) is 13.0. The summed E-state index contributed by atoms with van der Waals surface area (Å²) in [7, 11) is 0. The van der Waals surface area contributed by atoms with Crippen molar-refractivity contribution in [2.75, 3.05) is 13.1 Å². The van der Waals surface area contributed by atoms with Crippen molar-refractivity contribution in [3.8, 4) is 0 Å². The molecule has 1 aromatic carbocycles. The molecule has 0 amide bonds. The number of hydrogen-bond acceptors (Lipinski definition) is 2. The van der Waals surface area contributed by atoms with E-state index in [-0.39, 0.29) is 17.4 Å². The van der Waals surface area contributed by atoms with Gasteiger partial charge >= 0.3 is 0 Å². The van der Waals surface area contributed by atoms with Crippen LogP contribution in [0.4, 0.5) is 4.39 Å². The van der Waals surface area contributed by atoms with E-state index in [1.807, 2.05) is 6.07 Å². The zero-order chi connectivity index (χ0) is 15.5. The second-order valence-corrected chi connectivity index (χ2v) is 7.07. The van der Waals surface area contributed by atoms with E-state index in [9.17, 15) is 4.39 Å². The standard InChI is InChI=1S/C17H26BrFN2/c1-3-17(2,21-10-5-4-6-11-21)15(20)12-13-8-7-9-14(19)16(13)18/h7-9,15H,3-6,10-12,20H2,1-2H3. The summed E-state index contributed by atoms with van der Waals surface area (Å²) in [5.74, 6) is -0.212. The smallest absolute Gasteiger partial charge is 0.137 e. The molecule has 0 radical (unpaired) electrons. The number of hydrogen-bond donors (Lipinski definition) is 1. The molecule has 1 saturated heterocycles. The molecule has 21 heavy (non-hydrogen) atoms. The monoisotopic (exact) mass is 356 g/mol. The summed E-state index contributed by atoms with van der Waals surface area (Å²) >= 11 is 3.35. The molecule has 0 bridgehead atoms. The summed E-state index contributed by atoms with van der Waals surface area (Å²) in [6, 6.07) is 5.19. The van der Waals surface area contributed by atoms with Gasteiger partial charge in [-0.05, 0) is 73.3 Å². The van der Waals surface area contributed by atoms with E-state index < -0.39 is 0 Å². The predicted molar refractivity (Wildman–Crippen MR) is 89.9 cm³/mol. The third-order valence-electron chi connectivity index (χ3n) is 5.06. The summed E-state index contributed by atoms with van der Waals surface area (Å²) < 4.78 is 14.2. The molecule has 0 aromatic heterocycles. The Hall–Kier alpha value is -0.450. The lowest BCUT2D eigenvalue weighted by molar-refractivity contribution is 0.0545. The second kappa shape index (κ2) is 7.21. The number of nitrogens with two attached hydrogens (primary N) is 1. The molecular weight excluding hydrogens is 331 g/mol. The van der Waals surface area contributed by atoms with Crippen LogP contribution < -0.4 is 5.73 Å². The van der Waals surface area contributed by atoms with E-state index in [0.717, 1.165) is 25.1 Å². The Morgan fingerprint density at radius 1 is 1.33 bits per heavy atom. The molecular formula is C17H26BrFN2. The summed E-state index contributed by atoms with van der Waals surface area (Å²) in [6.45, 7) is 6.72. The molecule has 4 heteroatoms. The molecule has 1 heterocycles. The van der Waals surface area contributed by atoms with Crippen LogP contribution >= 0.6 is 15.9 Å². The van der Waals surface area contributed by atoms with Gasteiger partial charge in [0.25, 0.3) is 0 Å². The van der Waals surface area contributed by atoms with E-state index in [2.05, 4.69) is 34.7 Å². The molecule has 2 nitrogen and oxygen atoms in total. The molecule has 1 fully saturated rings. The highest BCUT2D eigenvalue weighted by Gasteiger charge is 2.36. The Morgan fingerprint density at radius 3 is 2.62 bits per heavy atom. The number of nitrogens with zero attached hydrogens (tertiary/aromatic N) is 1. The molecule has 0 aliphatic carbocycles. The van der Waals surface area contributed by atoms with Crippen LogP contribution in [0, 0.1) is 5.82 Å². The Labute approximate surface area is 136 Å². The number of likely N-dealkylation sites (tertiary alicyclic amines) is 1. The Bertz CT molecular complexity index is 474. The number of halogens is 2. The van der Waals surface area contributed by atoms with Crippen molar-refractivity contribution in [1.29, 1.82) is 0 Å². The zero-order valence-corrected chi connectivity index (χ0v) is 14.6. The molecule has 1 aromatic rings. The van der Waals surface area contributed by atoms with Gasteiger partial charge in [0.15, 0.2) is 0 Å². The first-order valence-electron chi connectivity index (χ1n) is 7.92. The first-order chi connectivity index (χ1) is 9.99. The average molecular weight is 357 g/mol. The summed E-state index contributed by atoms with van der Waals surface area (Å²) in [4.78, 5) is 2.54. The van der Waals surface area contributed by atoms with Crippen LogP contribution in [0.25, 0.3) is 0 Å². The third kappa shape index (κ3) is 3.66. The molecule has 2 N–H and O–H groups in total. The molecule has 1 aliphatic heterocycles. The van der Waals surface area contributed by atoms with Crippen LogP contribution in [0.2, 0.25) is 0 Å². The maximum atomic E-state index is 13.7. The highest BCUT2D eigenvalue weighted by Crippen LogP contribution is 2.30. The third-order valence-corrected chi connectivity index (χ3v) is 5.95. The lowest BCUT2D eigenvalue weighted by Crippen LogP contribution is -2.59. The van der Waals surface area contributed by atoms with Gasteiger partial charge in [0.1, 0.15) is 5.82 Å². The normalized spacial score (nSPS) is 21.0. The minimum Gasteiger partial charge on any atom is -0.326 e. The highest BCUT2D eigenvalue weighted by molar-refractivity contribution is 9.10. The van der Waals surface area contributed by atoms with Gasteiger partial charge in [-0.1, -0.05) is 25.5 Å². The van der Waals surface area contributed by atoms with Crippen LogP contribution in [-0.4, -0.2) is 29.6 Å². The van der Waals surface area contributed by atoms with Crippen LogP contribution in [0.5, 0.6) is 0 Å². The minimum atomic E-state index is -0.212. The first-order valence-corrected chi connectivity index (χ1v) is 8.72. The van der Waals surface area contributed by atoms with E-state index >= 15 is 0 Å². The summed E-state index contributed by atoms with van der Waals surface area (Å²) in [5.41, 5.74) is 7.50. The van der Waals surface area contributed by atoms with Gasteiger partial charge in [0.2, 0.25) is 0 Å². The Balaban J connectivity index is 2.15. The predicted octanol–water partition coefficient (Wildman–Crippen LogP) is 4.11. The largest absolute Gasteiger partial charge is 0.326 e. The quantitative estimate of drug-likeness (QED) is 0.859. The minimum absolute atomic E-state index is 0.00120. The van der Waals surface area contributed by atoms with Crippen LogP contribution in [-0.2, 0) is 6.42 Å². The fraction of sp³-hybridized carbons (Fsp3) is 0.647. The molecule has 1 aliphatic rings. The summed E-state index contributed by atoms with van der Waals surface area (Å²) in [5, 5.41) is 0. The van der Waals surface area contributed by atoms with Gasteiger partial charge in [-0.2, -0.15) is 0 Å². The Morgan fingerprint density at radius 2 is 2.00 bits per heavy atom. The molecule has 2 atom stereocenters. The van der Waals surface area contributed by atoms with Crippen molar-refractivity contribution in [3.63, 3.8) is 0 Å².